The zero-order valence-electron chi connectivity index (χ0n) is 15.1. The Morgan fingerprint density at radius 3 is 2.54 bits per heavy atom. The first kappa shape index (κ1) is 20.4. The van der Waals surface area contributed by atoms with Gasteiger partial charge in [0, 0.05) is 17.3 Å². The molecule has 0 saturated heterocycles. The van der Waals surface area contributed by atoms with Gasteiger partial charge in [-0.2, -0.15) is 8.42 Å². The first-order chi connectivity index (χ1) is 13.3. The van der Waals surface area contributed by atoms with Gasteiger partial charge in [-0.15, -0.1) is 0 Å². The molecule has 3 rings (SSSR count). The van der Waals surface area contributed by atoms with Crippen LogP contribution in [0.2, 0.25) is 0 Å². The van der Waals surface area contributed by atoms with Crippen molar-refractivity contribution in [2.24, 2.45) is 0 Å². The van der Waals surface area contributed by atoms with Gasteiger partial charge < -0.3 is 4.74 Å². The molecule has 0 bridgehead atoms. The second-order valence-corrected chi connectivity index (χ2v) is 8.28. The summed E-state index contributed by atoms with van der Waals surface area (Å²) in [6.07, 6.45) is 8.11. The number of benzene rings is 1. The van der Waals surface area contributed by atoms with Crippen molar-refractivity contribution in [1.29, 1.82) is 0 Å². The number of ether oxygens (including phenoxy) is 1. The van der Waals surface area contributed by atoms with E-state index >= 15 is 0 Å². The summed E-state index contributed by atoms with van der Waals surface area (Å²) in [5, 5.41) is 0. The molecular formula is C20H21F2NO4S. The quantitative estimate of drug-likeness (QED) is 0.674. The molecule has 1 aliphatic rings. The van der Waals surface area contributed by atoms with E-state index in [1.165, 1.54) is 24.3 Å². The van der Waals surface area contributed by atoms with Gasteiger partial charge in [0.2, 0.25) is 5.88 Å². The van der Waals surface area contributed by atoms with E-state index in [1.807, 2.05) is 0 Å². The second-order valence-electron chi connectivity index (χ2n) is 6.71. The van der Waals surface area contributed by atoms with Gasteiger partial charge in [-0.05, 0) is 61.9 Å². The molecule has 1 aromatic carbocycles. The number of hydrogen-bond acceptors (Lipinski definition) is 4. The highest BCUT2D eigenvalue weighted by atomic mass is 32.2. The van der Waals surface area contributed by atoms with Gasteiger partial charge in [0.05, 0.1) is 5.75 Å². The first-order valence-corrected chi connectivity index (χ1v) is 10.7. The molecule has 1 heterocycles. The third kappa shape index (κ3) is 5.36. The minimum Gasteiger partial charge on any atom is -0.474 e. The number of nitrogens with zero attached hydrogens (tertiary/aromatic N) is 1. The molecule has 1 aromatic heterocycles. The van der Waals surface area contributed by atoms with Crippen LogP contribution in [0.4, 0.5) is 8.78 Å². The average Bonchev–Trinajstić information content (AvgIpc) is 3.13. The molecule has 5 nitrogen and oxygen atoms in total. The Morgan fingerprint density at radius 2 is 1.89 bits per heavy atom. The maximum absolute atomic E-state index is 14.5. The first-order valence-electron chi connectivity index (χ1n) is 9.06. The summed E-state index contributed by atoms with van der Waals surface area (Å²) in [5.74, 6) is -1.73. The topological polar surface area (TPSA) is 76.5 Å². The van der Waals surface area contributed by atoms with Gasteiger partial charge >= 0.3 is 0 Å². The molecule has 8 heteroatoms. The van der Waals surface area contributed by atoms with Crippen LogP contribution in [0.3, 0.4) is 0 Å². The fourth-order valence-corrected chi connectivity index (χ4v) is 3.62. The monoisotopic (exact) mass is 409 g/mol. The molecule has 1 saturated carbocycles. The summed E-state index contributed by atoms with van der Waals surface area (Å²) in [6, 6.07) is 5.77. The summed E-state index contributed by atoms with van der Waals surface area (Å²) < 4.78 is 64.9. The van der Waals surface area contributed by atoms with Gasteiger partial charge in [-0.25, -0.2) is 13.8 Å². The normalized spacial score (nSPS) is 15.4. The van der Waals surface area contributed by atoms with Crippen LogP contribution in [0.1, 0.15) is 37.7 Å². The van der Waals surface area contributed by atoms with Crippen molar-refractivity contribution in [2.45, 2.75) is 38.2 Å². The van der Waals surface area contributed by atoms with Gasteiger partial charge in [0.1, 0.15) is 17.7 Å². The number of pyridine rings is 1. The van der Waals surface area contributed by atoms with Crippen LogP contribution in [0, 0.1) is 11.6 Å². The number of halogens is 2. The number of allylic oxidation sites excluding steroid dienone is 1. The molecule has 28 heavy (non-hydrogen) atoms. The van der Waals surface area contributed by atoms with Crippen LogP contribution in [0.25, 0.3) is 17.2 Å². The van der Waals surface area contributed by atoms with Crippen LogP contribution in [0.15, 0.2) is 36.5 Å². The highest BCUT2D eigenvalue weighted by Gasteiger charge is 2.20. The van der Waals surface area contributed by atoms with E-state index in [9.17, 15) is 17.2 Å². The van der Waals surface area contributed by atoms with E-state index in [-0.39, 0.29) is 18.1 Å². The molecule has 1 N–H and O–H groups in total. The summed E-state index contributed by atoms with van der Waals surface area (Å²) in [7, 11) is -4.12. The van der Waals surface area contributed by atoms with Gasteiger partial charge in [0.25, 0.3) is 10.1 Å². The van der Waals surface area contributed by atoms with Crippen molar-refractivity contribution in [3.8, 4) is 17.0 Å². The molecule has 2 aromatic rings. The van der Waals surface area contributed by atoms with Crippen LogP contribution in [0.5, 0.6) is 5.88 Å². The highest BCUT2D eigenvalue weighted by Crippen LogP contribution is 2.33. The molecule has 150 valence electrons. The van der Waals surface area contributed by atoms with Gasteiger partial charge in [-0.3, -0.25) is 4.55 Å². The summed E-state index contributed by atoms with van der Waals surface area (Å²) in [5.41, 5.74) is 0.543. The molecule has 0 unspecified atom stereocenters. The van der Waals surface area contributed by atoms with Crippen LogP contribution < -0.4 is 4.74 Å². The Hall–Kier alpha value is -2.32. The minimum atomic E-state index is -4.12. The Kier molecular flexibility index (Phi) is 6.41. The fraction of sp³-hybridized carbons (Fsp3) is 0.350. The van der Waals surface area contributed by atoms with Crippen LogP contribution >= 0.6 is 0 Å². The lowest BCUT2D eigenvalue weighted by atomic mass is 10.0. The maximum atomic E-state index is 14.5. The van der Waals surface area contributed by atoms with Crippen molar-refractivity contribution in [1.82, 2.24) is 4.98 Å². The molecule has 1 aliphatic carbocycles. The lowest BCUT2D eigenvalue weighted by Gasteiger charge is -2.15. The predicted molar refractivity (Wildman–Crippen MR) is 103 cm³/mol. The molecule has 0 atom stereocenters. The Morgan fingerprint density at radius 1 is 1.21 bits per heavy atom. The zero-order valence-corrected chi connectivity index (χ0v) is 16.0. The van der Waals surface area contributed by atoms with Crippen molar-refractivity contribution < 1.29 is 26.5 Å². The summed E-state index contributed by atoms with van der Waals surface area (Å²) in [4.78, 5) is 4.22. The lowest BCUT2D eigenvalue weighted by Crippen LogP contribution is -2.12. The predicted octanol–water partition coefficient (Wildman–Crippen LogP) is 4.64. The molecule has 0 spiro atoms. The molecular weight excluding hydrogens is 388 g/mol. The third-order valence-electron chi connectivity index (χ3n) is 4.57. The number of rotatable bonds is 7. The minimum absolute atomic E-state index is 0.0541. The van der Waals surface area contributed by atoms with E-state index in [1.54, 1.807) is 18.3 Å². The van der Waals surface area contributed by atoms with Crippen LogP contribution in [-0.4, -0.2) is 29.8 Å². The van der Waals surface area contributed by atoms with E-state index in [4.69, 9.17) is 9.29 Å². The standard InChI is InChI=1S/C20H21F2NO4S/c21-18-12-14(13-19(22)17(18)8-3-4-11-28(24,25)26)16-9-5-10-23-20(16)27-15-6-1-2-7-15/h3,5,8-10,12-13,15H,1-2,4,6-7,11H2,(H,24,25,26)/b8-3+. The molecule has 0 aliphatic heterocycles. The summed E-state index contributed by atoms with van der Waals surface area (Å²) in [6.45, 7) is 0. The average molecular weight is 409 g/mol. The van der Waals surface area contributed by atoms with E-state index < -0.39 is 27.5 Å². The molecule has 0 amide bonds. The van der Waals surface area contributed by atoms with Gasteiger partial charge in [0.15, 0.2) is 0 Å². The number of hydrogen-bond donors (Lipinski definition) is 1. The van der Waals surface area contributed by atoms with E-state index in [2.05, 4.69) is 4.98 Å². The summed E-state index contributed by atoms with van der Waals surface area (Å²) >= 11 is 0. The van der Waals surface area contributed by atoms with Gasteiger partial charge in [-0.1, -0.05) is 12.2 Å². The molecule has 1 fully saturated rings. The van der Waals surface area contributed by atoms with Crippen molar-refractivity contribution in [3.63, 3.8) is 0 Å². The Labute approximate surface area is 162 Å². The van der Waals surface area contributed by atoms with Crippen molar-refractivity contribution in [3.05, 3.63) is 53.7 Å². The Bertz CT molecular complexity index is 947. The van der Waals surface area contributed by atoms with Crippen LogP contribution in [-0.2, 0) is 10.1 Å². The highest BCUT2D eigenvalue weighted by molar-refractivity contribution is 7.85. The SMILES string of the molecule is O=S(=O)(O)CC/C=C/c1c(F)cc(-c2cccnc2OC2CCCC2)cc1F. The second kappa shape index (κ2) is 8.79. The third-order valence-corrected chi connectivity index (χ3v) is 5.32. The maximum Gasteiger partial charge on any atom is 0.265 e. The largest absolute Gasteiger partial charge is 0.474 e. The smallest absolute Gasteiger partial charge is 0.265 e. The van der Waals surface area contributed by atoms with Crippen molar-refractivity contribution >= 4 is 16.2 Å². The fourth-order valence-electron chi connectivity index (χ4n) is 3.19. The van der Waals surface area contributed by atoms with E-state index in [0.29, 0.717) is 17.0 Å². The molecule has 0 radical (unpaired) electrons. The Balaban J connectivity index is 1.83. The van der Waals surface area contributed by atoms with Crippen molar-refractivity contribution in [2.75, 3.05) is 5.75 Å². The number of aromatic nitrogens is 1. The lowest BCUT2D eigenvalue weighted by molar-refractivity contribution is 0.202. The van der Waals surface area contributed by atoms with E-state index in [0.717, 1.165) is 25.7 Å². The zero-order chi connectivity index (χ0) is 20.1.